The van der Waals surface area contributed by atoms with Crippen LogP contribution in [0.1, 0.15) is 23.0 Å². The summed E-state index contributed by atoms with van der Waals surface area (Å²) in [7, 11) is 0. The molecule has 2 atom stereocenters. The molecule has 0 radical (unpaired) electrons. The number of alkyl halides is 3. The van der Waals surface area contributed by atoms with Crippen LogP contribution >= 0.6 is 27.5 Å². The largest absolute Gasteiger partial charge is 0.476 e. The summed E-state index contributed by atoms with van der Waals surface area (Å²) < 4.78 is 38.2. The van der Waals surface area contributed by atoms with Crippen LogP contribution in [0.2, 0.25) is 5.28 Å². The van der Waals surface area contributed by atoms with E-state index in [-0.39, 0.29) is 22.0 Å². The lowest BCUT2D eigenvalue weighted by atomic mass is 10.4. The highest BCUT2D eigenvalue weighted by Crippen LogP contribution is 2.55. The molecule has 1 aliphatic carbocycles. The van der Waals surface area contributed by atoms with Gasteiger partial charge in [0.2, 0.25) is 5.28 Å². The van der Waals surface area contributed by atoms with Crippen molar-refractivity contribution in [1.29, 1.82) is 0 Å². The van der Waals surface area contributed by atoms with Crippen molar-refractivity contribution in [3.8, 4) is 0 Å². The molecule has 1 heterocycles. The molecule has 1 aliphatic rings. The minimum Gasteiger partial charge on any atom is -0.476 e. The summed E-state index contributed by atoms with van der Waals surface area (Å²) in [5.74, 6) is -2.84. The number of halogens is 5. The number of aromatic nitrogens is 2. The molecule has 1 fully saturated rings. The predicted molar refractivity (Wildman–Crippen MR) is 55.1 cm³/mol. The molecule has 1 unspecified atom stereocenters. The summed E-state index contributed by atoms with van der Waals surface area (Å²) in [5.41, 5.74) is -0.386. The first-order valence-electron chi connectivity index (χ1n) is 4.46. The number of carboxylic acids is 1. The highest BCUT2D eigenvalue weighted by atomic mass is 79.9. The number of hydrogen-bond donors (Lipinski definition) is 1. The maximum Gasteiger partial charge on any atom is 0.393 e. The van der Waals surface area contributed by atoms with E-state index in [4.69, 9.17) is 16.7 Å². The van der Waals surface area contributed by atoms with Gasteiger partial charge in [0.25, 0.3) is 0 Å². The topological polar surface area (TPSA) is 55.1 Å². The fourth-order valence-electron chi connectivity index (χ4n) is 1.62. The molecular weight excluding hydrogens is 328 g/mol. The number of aromatic carboxylic acids is 1. The van der Waals surface area contributed by atoms with Gasteiger partial charge in [-0.05, 0) is 34.0 Å². The quantitative estimate of drug-likeness (QED) is 0.905. The van der Waals surface area contributed by atoms with Crippen LogP contribution in [0.15, 0.2) is 4.60 Å². The molecule has 0 bridgehead atoms. The Balaban J connectivity index is 2.33. The van der Waals surface area contributed by atoms with Crippen molar-refractivity contribution in [2.75, 3.05) is 0 Å². The van der Waals surface area contributed by atoms with Gasteiger partial charge in [-0.25, -0.2) is 9.78 Å². The molecule has 1 N–H and O–H groups in total. The van der Waals surface area contributed by atoms with Gasteiger partial charge in [-0.2, -0.15) is 13.2 Å². The molecular formula is C8H5BrClF3N2O2. The Labute approximate surface area is 107 Å². The highest BCUT2D eigenvalue weighted by molar-refractivity contribution is 9.10. The van der Waals surface area contributed by atoms with Crippen molar-refractivity contribution >= 4 is 33.5 Å². The Morgan fingerprint density at radius 1 is 1.59 bits per heavy atom. The molecule has 0 aliphatic heterocycles. The van der Waals surface area contributed by atoms with Gasteiger partial charge in [0, 0.05) is 6.04 Å². The number of carboxylic acid groups (broad SMARTS) is 1. The Kier molecular flexibility index (Phi) is 2.89. The SMILES string of the molecule is O=C(O)c1nc(Cl)n(C2C[C@@H]2C(F)(F)F)c1Br. The minimum absolute atomic E-state index is 0.0354. The average Bonchev–Trinajstić information content (AvgIpc) is 2.88. The minimum atomic E-state index is -4.30. The van der Waals surface area contributed by atoms with Gasteiger partial charge in [0.15, 0.2) is 5.69 Å². The molecule has 94 valence electrons. The molecule has 1 saturated carbocycles. The Hall–Kier alpha value is -0.760. The second-order valence-corrected chi connectivity index (χ2v) is 4.74. The molecule has 4 nitrogen and oxygen atoms in total. The summed E-state index contributed by atoms with van der Waals surface area (Å²) >= 11 is 8.54. The van der Waals surface area contributed by atoms with E-state index in [0.29, 0.717) is 0 Å². The normalized spacial score (nSPS) is 23.8. The van der Waals surface area contributed by atoms with Crippen molar-refractivity contribution in [2.24, 2.45) is 5.92 Å². The second kappa shape index (κ2) is 3.88. The lowest BCUT2D eigenvalue weighted by Crippen LogP contribution is -2.13. The van der Waals surface area contributed by atoms with Gasteiger partial charge in [-0.3, -0.25) is 0 Å². The van der Waals surface area contributed by atoms with Crippen LogP contribution < -0.4 is 0 Å². The van der Waals surface area contributed by atoms with Crippen molar-refractivity contribution < 1.29 is 23.1 Å². The van der Waals surface area contributed by atoms with Gasteiger partial charge >= 0.3 is 12.1 Å². The third-order valence-corrected chi connectivity index (χ3v) is 3.55. The molecule has 9 heteroatoms. The first kappa shape index (κ1) is 12.7. The van der Waals surface area contributed by atoms with Crippen LogP contribution in [-0.4, -0.2) is 26.8 Å². The van der Waals surface area contributed by atoms with Crippen LogP contribution in [0, 0.1) is 5.92 Å². The zero-order valence-corrected chi connectivity index (χ0v) is 10.3. The van der Waals surface area contributed by atoms with Crippen LogP contribution in [0.3, 0.4) is 0 Å². The summed E-state index contributed by atoms with van der Waals surface area (Å²) in [4.78, 5) is 14.2. The van der Waals surface area contributed by atoms with Gasteiger partial charge in [-0.1, -0.05) is 0 Å². The molecule has 0 amide bonds. The highest BCUT2D eigenvalue weighted by Gasteiger charge is 2.57. The summed E-state index contributed by atoms with van der Waals surface area (Å²) in [5, 5.41) is 8.49. The van der Waals surface area contributed by atoms with E-state index in [0.717, 1.165) is 4.57 Å². The zero-order valence-electron chi connectivity index (χ0n) is 8.00. The van der Waals surface area contributed by atoms with Crippen molar-refractivity contribution in [3.63, 3.8) is 0 Å². The lowest BCUT2D eigenvalue weighted by Gasteiger charge is -2.07. The Morgan fingerprint density at radius 3 is 2.53 bits per heavy atom. The van der Waals surface area contributed by atoms with Gasteiger partial charge in [0.1, 0.15) is 4.60 Å². The zero-order chi connectivity index (χ0) is 13.0. The lowest BCUT2D eigenvalue weighted by molar-refractivity contribution is -0.150. The maximum absolute atomic E-state index is 12.4. The molecule has 0 spiro atoms. The van der Waals surface area contributed by atoms with Crippen molar-refractivity contribution in [2.45, 2.75) is 18.6 Å². The van der Waals surface area contributed by atoms with Crippen LogP contribution in [-0.2, 0) is 0 Å². The predicted octanol–water partition coefficient (Wildman–Crippen LogP) is 3.12. The number of rotatable bonds is 2. The summed E-state index contributed by atoms with van der Waals surface area (Å²) in [6, 6.07) is -0.877. The van der Waals surface area contributed by atoms with E-state index < -0.39 is 24.1 Å². The van der Waals surface area contributed by atoms with Crippen molar-refractivity contribution in [1.82, 2.24) is 9.55 Å². The maximum atomic E-state index is 12.4. The molecule has 17 heavy (non-hydrogen) atoms. The first-order chi connectivity index (χ1) is 7.73. The van der Waals surface area contributed by atoms with E-state index in [1.165, 1.54) is 0 Å². The molecule has 0 saturated heterocycles. The van der Waals surface area contributed by atoms with Crippen LogP contribution in [0.25, 0.3) is 0 Å². The third-order valence-electron chi connectivity index (χ3n) is 2.52. The number of carbonyl (C=O) groups is 1. The van der Waals surface area contributed by atoms with Gasteiger partial charge in [-0.15, -0.1) is 0 Å². The van der Waals surface area contributed by atoms with Gasteiger partial charge in [0.05, 0.1) is 5.92 Å². The van der Waals surface area contributed by atoms with E-state index in [1.807, 2.05) is 0 Å². The Bertz CT molecular complexity index is 488. The monoisotopic (exact) mass is 332 g/mol. The number of nitrogens with zero attached hydrogens (tertiary/aromatic N) is 2. The Morgan fingerprint density at radius 2 is 2.18 bits per heavy atom. The van der Waals surface area contributed by atoms with E-state index in [1.54, 1.807) is 0 Å². The fourth-order valence-corrected chi connectivity index (χ4v) is 2.71. The first-order valence-corrected chi connectivity index (χ1v) is 5.63. The standard InChI is InChI=1S/C8H5BrClF3N2O2/c9-5-4(6(16)17)14-7(10)15(5)3-1-2(3)8(11,12)13/h2-3H,1H2,(H,16,17)/t2-,3?/m0/s1. The summed E-state index contributed by atoms with van der Waals surface area (Å²) in [6.07, 6.45) is -4.42. The molecule has 1 aromatic rings. The molecule has 0 aromatic carbocycles. The number of hydrogen-bond acceptors (Lipinski definition) is 2. The van der Waals surface area contributed by atoms with E-state index >= 15 is 0 Å². The average molecular weight is 333 g/mol. The third kappa shape index (κ3) is 2.15. The van der Waals surface area contributed by atoms with E-state index in [9.17, 15) is 18.0 Å². The van der Waals surface area contributed by atoms with E-state index in [2.05, 4.69) is 20.9 Å². The van der Waals surface area contributed by atoms with Crippen LogP contribution in [0.5, 0.6) is 0 Å². The number of imidazole rings is 1. The smallest absolute Gasteiger partial charge is 0.393 e. The van der Waals surface area contributed by atoms with Gasteiger partial charge < -0.3 is 9.67 Å². The summed E-state index contributed by atoms with van der Waals surface area (Å²) in [6.45, 7) is 0. The molecule has 1 aromatic heterocycles. The van der Waals surface area contributed by atoms with Crippen molar-refractivity contribution in [3.05, 3.63) is 15.6 Å². The second-order valence-electron chi connectivity index (χ2n) is 3.65. The van der Waals surface area contributed by atoms with Crippen LogP contribution in [0.4, 0.5) is 13.2 Å². The fraction of sp³-hybridized carbons (Fsp3) is 0.500. The molecule has 2 rings (SSSR count).